The molecule has 1 aromatic heterocycles. The van der Waals surface area contributed by atoms with Crippen LogP contribution in [0.4, 0.5) is 10.1 Å². The molecule has 0 spiro atoms. The van der Waals surface area contributed by atoms with Crippen LogP contribution in [0.2, 0.25) is 0 Å². The molecule has 2 heterocycles. The molecular formula is C21H22FN5O3S2. The van der Waals surface area contributed by atoms with Gasteiger partial charge in [0.2, 0.25) is 15.9 Å². The molecule has 11 heteroatoms. The standard InChI is InChI=1S/C21H22FN5O3S2/c22-18-5-1-2-6-19(18)27-15-23-25-21(27)31-14-11-20(28)24-16-7-9-17(10-8-16)32(29,30)26-12-3-4-13-26/h1-2,5-10,15H,3-4,11-14H2,(H,24,28). The number of nitrogens with one attached hydrogen (secondary N) is 1. The molecule has 1 fully saturated rings. The molecule has 1 amide bonds. The van der Waals surface area contributed by atoms with E-state index in [1.807, 2.05) is 0 Å². The van der Waals surface area contributed by atoms with E-state index in [9.17, 15) is 17.6 Å². The number of thioether (sulfide) groups is 1. The third-order valence-corrected chi connectivity index (χ3v) is 7.89. The Hall–Kier alpha value is -2.76. The van der Waals surface area contributed by atoms with Gasteiger partial charge in [-0.1, -0.05) is 23.9 Å². The molecule has 1 aliphatic heterocycles. The van der Waals surface area contributed by atoms with Gasteiger partial charge in [-0.15, -0.1) is 10.2 Å². The van der Waals surface area contributed by atoms with Crippen LogP contribution in [0.15, 0.2) is 64.9 Å². The number of aromatic nitrogens is 3. The number of hydrogen-bond acceptors (Lipinski definition) is 6. The minimum Gasteiger partial charge on any atom is -0.326 e. The predicted molar refractivity (Wildman–Crippen MR) is 120 cm³/mol. The number of rotatable bonds is 8. The summed E-state index contributed by atoms with van der Waals surface area (Å²) in [7, 11) is -3.48. The van der Waals surface area contributed by atoms with Crippen molar-refractivity contribution in [2.24, 2.45) is 0 Å². The van der Waals surface area contributed by atoms with E-state index in [1.165, 1.54) is 45.2 Å². The second-order valence-corrected chi connectivity index (χ2v) is 10.2. The van der Waals surface area contributed by atoms with Crippen LogP contribution >= 0.6 is 11.8 Å². The predicted octanol–water partition coefficient (Wildman–Crippen LogP) is 3.31. The Morgan fingerprint density at radius 1 is 1.09 bits per heavy atom. The number of benzene rings is 2. The van der Waals surface area contributed by atoms with E-state index >= 15 is 0 Å². The molecule has 3 aromatic rings. The summed E-state index contributed by atoms with van der Waals surface area (Å²) in [5, 5.41) is 11.1. The Labute approximate surface area is 189 Å². The maximum Gasteiger partial charge on any atom is 0.243 e. The summed E-state index contributed by atoms with van der Waals surface area (Å²) in [5.41, 5.74) is 0.864. The Bertz CT molecular complexity index is 1190. The third kappa shape index (κ3) is 5.00. The van der Waals surface area contributed by atoms with Crippen LogP contribution in [0.5, 0.6) is 0 Å². The van der Waals surface area contributed by atoms with E-state index in [4.69, 9.17) is 0 Å². The van der Waals surface area contributed by atoms with E-state index in [0.29, 0.717) is 35.4 Å². The molecule has 1 saturated heterocycles. The van der Waals surface area contributed by atoms with Gasteiger partial charge in [-0.05, 0) is 49.2 Å². The molecule has 168 valence electrons. The Morgan fingerprint density at radius 3 is 2.53 bits per heavy atom. The quantitative estimate of drug-likeness (QED) is 0.502. The zero-order valence-electron chi connectivity index (χ0n) is 17.1. The number of anilines is 1. The first-order chi connectivity index (χ1) is 15.4. The van der Waals surface area contributed by atoms with E-state index in [1.54, 1.807) is 30.3 Å². The summed E-state index contributed by atoms with van der Waals surface area (Å²) in [6.45, 7) is 1.09. The topological polar surface area (TPSA) is 97.2 Å². The zero-order chi connectivity index (χ0) is 22.6. The summed E-state index contributed by atoms with van der Waals surface area (Å²) in [5.74, 6) is -0.188. The highest BCUT2D eigenvalue weighted by Gasteiger charge is 2.26. The first-order valence-electron chi connectivity index (χ1n) is 10.1. The van der Waals surface area contributed by atoms with Crippen LogP contribution in [0.25, 0.3) is 5.69 Å². The van der Waals surface area contributed by atoms with E-state index < -0.39 is 10.0 Å². The molecule has 0 unspecified atom stereocenters. The fourth-order valence-corrected chi connectivity index (χ4v) is 5.76. The van der Waals surface area contributed by atoms with Crippen LogP contribution in [-0.2, 0) is 14.8 Å². The van der Waals surface area contributed by atoms with Crippen molar-refractivity contribution in [1.82, 2.24) is 19.1 Å². The van der Waals surface area contributed by atoms with Crippen molar-refractivity contribution in [3.05, 3.63) is 60.7 Å². The van der Waals surface area contributed by atoms with Crippen molar-refractivity contribution >= 4 is 33.4 Å². The zero-order valence-corrected chi connectivity index (χ0v) is 18.8. The number of amides is 1. The molecule has 1 aliphatic rings. The van der Waals surface area contributed by atoms with Gasteiger partial charge in [-0.2, -0.15) is 4.31 Å². The van der Waals surface area contributed by atoms with Crippen LogP contribution in [0.3, 0.4) is 0 Å². The number of halogens is 1. The first-order valence-corrected chi connectivity index (χ1v) is 12.6. The maximum atomic E-state index is 14.0. The molecule has 0 aliphatic carbocycles. The SMILES string of the molecule is O=C(CCSc1nncn1-c1ccccc1F)Nc1ccc(S(=O)(=O)N2CCCC2)cc1. The van der Waals surface area contributed by atoms with Crippen molar-refractivity contribution in [1.29, 1.82) is 0 Å². The van der Waals surface area contributed by atoms with E-state index in [2.05, 4.69) is 15.5 Å². The number of carbonyl (C=O) groups excluding carboxylic acids is 1. The average Bonchev–Trinajstić information content (AvgIpc) is 3.47. The summed E-state index contributed by atoms with van der Waals surface area (Å²) in [4.78, 5) is 12.5. The van der Waals surface area contributed by atoms with Crippen molar-refractivity contribution in [3.8, 4) is 5.69 Å². The Kier molecular flexibility index (Phi) is 6.87. The molecule has 0 radical (unpaired) electrons. The van der Waals surface area contributed by atoms with Crippen molar-refractivity contribution in [2.75, 3.05) is 24.2 Å². The number of sulfonamides is 1. The van der Waals surface area contributed by atoms with Gasteiger partial charge >= 0.3 is 0 Å². The summed E-state index contributed by atoms with van der Waals surface area (Å²) < 4.78 is 42.2. The van der Waals surface area contributed by atoms with Gasteiger partial charge < -0.3 is 5.32 Å². The highest BCUT2D eigenvalue weighted by atomic mass is 32.2. The second-order valence-electron chi connectivity index (χ2n) is 7.22. The maximum absolute atomic E-state index is 14.0. The Morgan fingerprint density at radius 2 is 1.81 bits per heavy atom. The Balaban J connectivity index is 1.31. The lowest BCUT2D eigenvalue weighted by Gasteiger charge is -2.15. The molecule has 8 nitrogen and oxygen atoms in total. The fraction of sp³-hybridized carbons (Fsp3) is 0.286. The molecule has 32 heavy (non-hydrogen) atoms. The van der Waals surface area contributed by atoms with Crippen molar-refractivity contribution in [3.63, 3.8) is 0 Å². The summed E-state index contributed by atoms with van der Waals surface area (Å²) in [6, 6.07) is 12.5. The van der Waals surface area contributed by atoms with Gasteiger partial charge in [0.15, 0.2) is 5.16 Å². The van der Waals surface area contributed by atoms with Gasteiger partial charge in [-0.25, -0.2) is 12.8 Å². The first kappa shape index (κ1) is 22.4. The molecule has 1 N–H and O–H groups in total. The molecule has 0 bridgehead atoms. The lowest BCUT2D eigenvalue weighted by Crippen LogP contribution is -2.27. The van der Waals surface area contributed by atoms with E-state index in [0.717, 1.165) is 12.8 Å². The van der Waals surface area contributed by atoms with Crippen LogP contribution in [-0.4, -0.2) is 52.2 Å². The minimum atomic E-state index is -3.48. The lowest BCUT2D eigenvalue weighted by molar-refractivity contribution is -0.115. The molecule has 2 aromatic carbocycles. The summed E-state index contributed by atoms with van der Waals surface area (Å²) >= 11 is 1.29. The number of hydrogen-bond donors (Lipinski definition) is 1. The van der Waals surface area contributed by atoms with Gasteiger partial charge in [0, 0.05) is 31.0 Å². The van der Waals surface area contributed by atoms with Crippen LogP contribution < -0.4 is 5.32 Å². The fourth-order valence-electron chi connectivity index (χ4n) is 3.38. The highest BCUT2D eigenvalue weighted by Crippen LogP contribution is 2.24. The van der Waals surface area contributed by atoms with Crippen LogP contribution in [0.1, 0.15) is 19.3 Å². The van der Waals surface area contributed by atoms with Gasteiger partial charge in [0.1, 0.15) is 12.1 Å². The van der Waals surface area contributed by atoms with E-state index in [-0.39, 0.29) is 23.0 Å². The summed E-state index contributed by atoms with van der Waals surface area (Å²) in [6.07, 6.45) is 3.38. The lowest BCUT2D eigenvalue weighted by atomic mass is 10.3. The number of para-hydroxylation sites is 1. The van der Waals surface area contributed by atoms with Crippen molar-refractivity contribution < 1.29 is 17.6 Å². The van der Waals surface area contributed by atoms with Crippen molar-refractivity contribution in [2.45, 2.75) is 29.3 Å². The highest BCUT2D eigenvalue weighted by molar-refractivity contribution is 7.99. The molecule has 0 atom stereocenters. The monoisotopic (exact) mass is 475 g/mol. The van der Waals surface area contributed by atoms with Gasteiger partial charge in [-0.3, -0.25) is 9.36 Å². The molecular weight excluding hydrogens is 453 g/mol. The largest absolute Gasteiger partial charge is 0.326 e. The minimum absolute atomic E-state index is 0.197. The molecule has 0 saturated carbocycles. The smallest absolute Gasteiger partial charge is 0.243 e. The van der Waals surface area contributed by atoms with Crippen LogP contribution in [0, 0.1) is 5.82 Å². The normalized spacial score (nSPS) is 14.5. The average molecular weight is 476 g/mol. The van der Waals surface area contributed by atoms with Gasteiger partial charge in [0.05, 0.1) is 10.6 Å². The number of carbonyl (C=O) groups is 1. The van der Waals surface area contributed by atoms with Gasteiger partial charge in [0.25, 0.3) is 0 Å². The number of nitrogens with zero attached hydrogens (tertiary/aromatic N) is 4. The third-order valence-electron chi connectivity index (χ3n) is 5.03. The molecule has 4 rings (SSSR count). The second kappa shape index (κ2) is 9.80.